The fraction of sp³-hybridized carbons (Fsp3) is 0.846. The van der Waals surface area contributed by atoms with Crippen LogP contribution in [0, 0.1) is 0 Å². The van der Waals surface area contributed by atoms with E-state index >= 15 is 0 Å². The van der Waals surface area contributed by atoms with Gasteiger partial charge in [0.1, 0.15) is 6.10 Å². The first-order valence-corrected chi connectivity index (χ1v) is 9.25. The molecule has 2 nitrogen and oxygen atoms in total. The average Bonchev–Trinajstić information content (AvgIpc) is 2.13. The smallest absolute Gasteiger partial charge is 0.405 e. The molecule has 0 rings (SSSR count). The van der Waals surface area contributed by atoms with E-state index in [-0.39, 0.29) is 11.5 Å². The van der Waals surface area contributed by atoms with Gasteiger partial charge in [-0.2, -0.15) is 13.2 Å². The molecular weight excluding hydrogens is 273 g/mol. The molecule has 2 unspecified atom stereocenters. The Labute approximate surface area is 114 Å². The molecule has 0 saturated carbocycles. The molecule has 19 heavy (non-hydrogen) atoms. The molecule has 0 aliphatic rings. The fourth-order valence-electron chi connectivity index (χ4n) is 1.32. The van der Waals surface area contributed by atoms with Crippen LogP contribution in [0.1, 0.15) is 33.6 Å². The highest BCUT2D eigenvalue weighted by atomic mass is 28.4. The van der Waals surface area contributed by atoms with Crippen LogP contribution < -0.4 is 0 Å². The lowest BCUT2D eigenvalue weighted by molar-refractivity contribution is -0.205. The minimum absolute atomic E-state index is 0.132. The second-order valence-corrected chi connectivity index (χ2v) is 11.1. The average molecular weight is 298 g/mol. The Balaban J connectivity index is 4.94. The van der Waals surface area contributed by atoms with E-state index in [0.29, 0.717) is 0 Å². The van der Waals surface area contributed by atoms with E-state index in [2.05, 4.69) is 6.58 Å². The maximum Gasteiger partial charge on any atom is 0.413 e. The maximum absolute atomic E-state index is 13.0. The van der Waals surface area contributed by atoms with Gasteiger partial charge in [0.15, 0.2) is 8.32 Å². The van der Waals surface area contributed by atoms with E-state index in [4.69, 9.17) is 4.43 Å². The van der Waals surface area contributed by atoms with Crippen molar-refractivity contribution >= 4 is 8.32 Å². The van der Waals surface area contributed by atoms with E-state index in [0.717, 1.165) is 0 Å². The van der Waals surface area contributed by atoms with Gasteiger partial charge in [-0.1, -0.05) is 26.8 Å². The summed E-state index contributed by atoms with van der Waals surface area (Å²) in [7, 11) is -2.52. The Kier molecular flexibility index (Phi) is 6.30. The number of halogens is 3. The van der Waals surface area contributed by atoms with E-state index in [9.17, 15) is 18.3 Å². The Morgan fingerprint density at radius 2 is 1.74 bits per heavy atom. The van der Waals surface area contributed by atoms with Gasteiger partial charge >= 0.3 is 6.18 Å². The molecule has 0 amide bonds. The molecule has 0 radical (unpaired) electrons. The highest BCUT2D eigenvalue weighted by Crippen LogP contribution is 2.40. The second-order valence-electron chi connectivity index (χ2n) is 6.32. The lowest BCUT2D eigenvalue weighted by atomic mass is 10.1. The monoisotopic (exact) mass is 298 g/mol. The third-order valence-electron chi connectivity index (χ3n) is 3.53. The van der Waals surface area contributed by atoms with Crippen molar-refractivity contribution in [1.29, 1.82) is 0 Å². The van der Waals surface area contributed by atoms with Crippen LogP contribution >= 0.6 is 0 Å². The summed E-state index contributed by atoms with van der Waals surface area (Å²) in [6.45, 7) is 12.6. The van der Waals surface area contributed by atoms with Crippen LogP contribution in [0.3, 0.4) is 0 Å². The number of aliphatic hydroxyl groups excluding tert-OH is 1. The Hall–Kier alpha value is -0.333. The predicted octanol–water partition coefficient (Wildman–Crippen LogP) is 4.27. The van der Waals surface area contributed by atoms with Crippen molar-refractivity contribution in [2.24, 2.45) is 0 Å². The zero-order valence-electron chi connectivity index (χ0n) is 12.3. The summed E-state index contributed by atoms with van der Waals surface area (Å²) in [4.78, 5) is 0. The van der Waals surface area contributed by atoms with Crippen LogP contribution in [0.4, 0.5) is 13.2 Å². The van der Waals surface area contributed by atoms with Gasteiger partial charge in [0, 0.05) is 6.42 Å². The molecule has 0 bridgehead atoms. The zero-order chi connectivity index (χ0) is 15.5. The minimum Gasteiger partial charge on any atom is -0.405 e. The number of rotatable bonds is 6. The molecule has 0 aromatic heterocycles. The predicted molar refractivity (Wildman–Crippen MR) is 73.6 cm³/mol. The van der Waals surface area contributed by atoms with E-state index in [1.807, 2.05) is 20.8 Å². The molecule has 6 heteroatoms. The largest absolute Gasteiger partial charge is 0.413 e. The third-order valence-corrected chi connectivity index (χ3v) is 8.02. The first-order valence-electron chi connectivity index (χ1n) is 6.34. The summed E-state index contributed by atoms with van der Waals surface area (Å²) in [5.41, 5.74) is 0. The summed E-state index contributed by atoms with van der Waals surface area (Å²) in [5, 5.41) is 9.24. The maximum atomic E-state index is 13.0. The molecule has 0 aliphatic carbocycles. The van der Waals surface area contributed by atoms with Crippen LogP contribution in [-0.4, -0.2) is 31.8 Å². The van der Waals surface area contributed by atoms with Gasteiger partial charge in [-0.3, -0.25) is 0 Å². The van der Waals surface area contributed by atoms with Crippen molar-refractivity contribution in [2.75, 3.05) is 0 Å². The van der Waals surface area contributed by atoms with Gasteiger partial charge in [-0.05, 0) is 24.6 Å². The van der Waals surface area contributed by atoms with Crippen LogP contribution in [0.5, 0.6) is 0 Å². The fourth-order valence-corrected chi connectivity index (χ4v) is 2.61. The number of hydrogen-bond donors (Lipinski definition) is 1. The van der Waals surface area contributed by atoms with Crippen LogP contribution in [0.15, 0.2) is 12.7 Å². The van der Waals surface area contributed by atoms with Gasteiger partial charge in [0.25, 0.3) is 0 Å². The van der Waals surface area contributed by atoms with E-state index in [1.54, 1.807) is 13.1 Å². The molecule has 0 heterocycles. The van der Waals surface area contributed by atoms with Crippen LogP contribution in [0.2, 0.25) is 18.1 Å². The summed E-state index contributed by atoms with van der Waals surface area (Å²) in [5.74, 6) is 0. The third kappa shape index (κ3) is 6.10. The zero-order valence-corrected chi connectivity index (χ0v) is 13.3. The minimum atomic E-state index is -4.46. The Morgan fingerprint density at radius 1 is 1.26 bits per heavy atom. The van der Waals surface area contributed by atoms with Crippen molar-refractivity contribution in [2.45, 2.75) is 70.1 Å². The van der Waals surface area contributed by atoms with Crippen molar-refractivity contribution in [3.8, 4) is 0 Å². The lowest BCUT2D eigenvalue weighted by Gasteiger charge is -2.40. The standard InChI is InChI=1S/C13H25F3O2Si/c1-7-8-10(17)9-11(13(14,15)16)18-19(5,6)12(2,3)4/h7,10-11,17H,1,8-9H2,2-6H3. The van der Waals surface area contributed by atoms with Crippen molar-refractivity contribution in [3.05, 3.63) is 12.7 Å². The van der Waals surface area contributed by atoms with E-state index in [1.165, 1.54) is 6.08 Å². The van der Waals surface area contributed by atoms with Crippen molar-refractivity contribution < 1.29 is 22.7 Å². The van der Waals surface area contributed by atoms with Crippen LogP contribution in [-0.2, 0) is 4.43 Å². The molecule has 0 fully saturated rings. The van der Waals surface area contributed by atoms with Gasteiger partial charge in [0.2, 0.25) is 0 Å². The molecule has 0 aliphatic heterocycles. The molecule has 2 atom stereocenters. The first kappa shape index (κ1) is 18.7. The summed E-state index contributed by atoms with van der Waals surface area (Å²) < 4.78 is 44.4. The number of hydrogen-bond acceptors (Lipinski definition) is 2. The molecule has 114 valence electrons. The van der Waals surface area contributed by atoms with Crippen LogP contribution in [0.25, 0.3) is 0 Å². The Bertz CT molecular complexity index is 295. The molecule has 0 spiro atoms. The van der Waals surface area contributed by atoms with Crippen molar-refractivity contribution in [1.82, 2.24) is 0 Å². The highest BCUT2D eigenvalue weighted by molar-refractivity contribution is 6.74. The molecule has 1 N–H and O–H groups in total. The van der Waals surface area contributed by atoms with Gasteiger partial charge in [-0.15, -0.1) is 6.58 Å². The highest BCUT2D eigenvalue weighted by Gasteiger charge is 2.48. The molecular formula is C13H25F3O2Si. The molecule has 0 aromatic rings. The van der Waals surface area contributed by atoms with Gasteiger partial charge in [-0.25, -0.2) is 0 Å². The summed E-state index contributed by atoms with van der Waals surface area (Å²) in [6, 6.07) is 0. The molecule has 0 saturated heterocycles. The van der Waals surface area contributed by atoms with E-state index < -0.39 is 33.1 Å². The summed E-state index contributed by atoms with van der Waals surface area (Å²) in [6.07, 6.45) is -6.35. The quantitative estimate of drug-likeness (QED) is 0.586. The number of alkyl halides is 3. The normalized spacial score (nSPS) is 17.1. The Morgan fingerprint density at radius 3 is 2.05 bits per heavy atom. The SMILES string of the molecule is C=CCC(O)CC(O[Si](C)(C)C(C)(C)C)C(F)(F)F. The first-order chi connectivity index (χ1) is 8.31. The number of aliphatic hydroxyl groups is 1. The van der Waals surface area contributed by atoms with Gasteiger partial charge < -0.3 is 9.53 Å². The lowest BCUT2D eigenvalue weighted by Crippen LogP contribution is -2.49. The summed E-state index contributed by atoms with van der Waals surface area (Å²) >= 11 is 0. The molecule has 0 aromatic carbocycles. The topological polar surface area (TPSA) is 29.5 Å². The van der Waals surface area contributed by atoms with Crippen molar-refractivity contribution in [3.63, 3.8) is 0 Å². The van der Waals surface area contributed by atoms with Gasteiger partial charge in [0.05, 0.1) is 6.10 Å². The second kappa shape index (κ2) is 6.41.